The molecule has 26 heavy (non-hydrogen) atoms. The molecular weight excluding hydrogens is 352 g/mol. The number of likely N-dealkylation sites (tertiary alicyclic amines) is 1. The standard InChI is InChI=1S/C18H28N4O3S/c1-13-17(14(2)20-19-13)26(24,25)21-16(12-15-8-4-3-5-9-15)18(23)22-10-6-7-11-22/h3-5,8-9,13-14,16-17,19-21H,6-7,10-12H2,1-2H3/t13?,14?,16-,17?/m0/s1. The number of hydrazine groups is 1. The molecule has 0 bridgehead atoms. The summed E-state index contributed by atoms with van der Waals surface area (Å²) < 4.78 is 28.7. The molecule has 3 N–H and O–H groups in total. The van der Waals surface area contributed by atoms with Crippen molar-refractivity contribution >= 4 is 15.9 Å². The van der Waals surface area contributed by atoms with Crippen LogP contribution in [-0.2, 0) is 21.2 Å². The molecule has 3 atom stereocenters. The predicted octanol–water partition coefficient (Wildman–Crippen LogP) is 0.393. The summed E-state index contributed by atoms with van der Waals surface area (Å²) in [5.74, 6) is -0.130. The molecule has 1 aromatic carbocycles. The van der Waals surface area contributed by atoms with E-state index >= 15 is 0 Å². The van der Waals surface area contributed by atoms with Gasteiger partial charge in [0.15, 0.2) is 0 Å². The van der Waals surface area contributed by atoms with Crippen LogP contribution >= 0.6 is 0 Å². The Balaban J connectivity index is 1.81. The number of nitrogens with one attached hydrogen (secondary N) is 3. The van der Waals surface area contributed by atoms with Crippen LogP contribution < -0.4 is 15.6 Å². The quantitative estimate of drug-likeness (QED) is 0.664. The van der Waals surface area contributed by atoms with Gasteiger partial charge in [-0.2, -0.15) is 0 Å². The van der Waals surface area contributed by atoms with E-state index in [0.29, 0.717) is 19.5 Å². The van der Waals surface area contributed by atoms with E-state index in [1.807, 2.05) is 44.2 Å². The van der Waals surface area contributed by atoms with Crippen molar-refractivity contribution in [2.75, 3.05) is 13.1 Å². The molecule has 2 saturated heterocycles. The molecule has 8 heteroatoms. The van der Waals surface area contributed by atoms with Crippen molar-refractivity contribution in [1.82, 2.24) is 20.5 Å². The topological polar surface area (TPSA) is 90.5 Å². The van der Waals surface area contributed by atoms with E-state index in [-0.39, 0.29) is 18.0 Å². The van der Waals surface area contributed by atoms with Crippen molar-refractivity contribution in [3.8, 4) is 0 Å². The molecule has 3 rings (SSSR count). The minimum Gasteiger partial charge on any atom is -0.341 e. The minimum absolute atomic E-state index is 0.130. The Bertz CT molecular complexity index is 709. The van der Waals surface area contributed by atoms with Crippen LogP contribution in [0.2, 0.25) is 0 Å². The van der Waals surface area contributed by atoms with E-state index < -0.39 is 21.3 Å². The van der Waals surface area contributed by atoms with Gasteiger partial charge in [0.1, 0.15) is 11.3 Å². The lowest BCUT2D eigenvalue weighted by atomic mass is 10.1. The first kappa shape index (κ1) is 19.3. The molecule has 0 radical (unpaired) electrons. The smallest absolute Gasteiger partial charge is 0.241 e. The highest BCUT2D eigenvalue weighted by Gasteiger charge is 2.42. The van der Waals surface area contributed by atoms with Gasteiger partial charge in [0.05, 0.1) is 0 Å². The molecule has 7 nitrogen and oxygen atoms in total. The zero-order valence-corrected chi connectivity index (χ0v) is 16.1. The number of nitrogens with zero attached hydrogens (tertiary/aromatic N) is 1. The zero-order valence-electron chi connectivity index (χ0n) is 15.3. The van der Waals surface area contributed by atoms with Gasteiger partial charge in [-0.25, -0.2) is 13.1 Å². The summed E-state index contributed by atoms with van der Waals surface area (Å²) >= 11 is 0. The molecule has 0 aliphatic carbocycles. The summed E-state index contributed by atoms with van der Waals surface area (Å²) in [6.07, 6.45) is 2.30. The first-order valence-corrected chi connectivity index (χ1v) is 10.8. The molecular formula is C18H28N4O3S. The SMILES string of the molecule is CC1NNC(C)C1S(=O)(=O)N[C@@H](Cc1ccccc1)C(=O)N1CCCC1. The molecule has 0 spiro atoms. The van der Waals surface area contributed by atoms with Crippen LogP contribution in [0.15, 0.2) is 30.3 Å². The number of benzene rings is 1. The lowest BCUT2D eigenvalue weighted by Gasteiger charge is -2.27. The van der Waals surface area contributed by atoms with Crippen LogP contribution in [0.1, 0.15) is 32.3 Å². The zero-order chi connectivity index (χ0) is 18.7. The Hall–Kier alpha value is -1.48. The Labute approximate surface area is 155 Å². The van der Waals surface area contributed by atoms with Gasteiger partial charge < -0.3 is 4.90 Å². The molecule has 2 heterocycles. The summed E-state index contributed by atoms with van der Waals surface area (Å²) in [4.78, 5) is 14.7. The second kappa shape index (κ2) is 8.04. The van der Waals surface area contributed by atoms with Crippen molar-refractivity contribution in [1.29, 1.82) is 0 Å². The monoisotopic (exact) mass is 380 g/mol. The fourth-order valence-electron chi connectivity index (χ4n) is 3.86. The molecule has 2 aliphatic rings. The van der Waals surface area contributed by atoms with Crippen molar-refractivity contribution in [3.63, 3.8) is 0 Å². The van der Waals surface area contributed by atoms with Gasteiger partial charge in [-0.15, -0.1) is 0 Å². The maximum Gasteiger partial charge on any atom is 0.241 e. The summed E-state index contributed by atoms with van der Waals surface area (Å²) in [6.45, 7) is 5.06. The van der Waals surface area contributed by atoms with Gasteiger partial charge in [0.2, 0.25) is 15.9 Å². The number of rotatable bonds is 6. The van der Waals surface area contributed by atoms with Gasteiger partial charge in [0.25, 0.3) is 0 Å². The van der Waals surface area contributed by atoms with Crippen LogP contribution in [0.4, 0.5) is 0 Å². The molecule has 2 aliphatic heterocycles. The van der Waals surface area contributed by atoms with Crippen molar-refractivity contribution in [3.05, 3.63) is 35.9 Å². The maximum atomic E-state index is 13.0. The van der Waals surface area contributed by atoms with Gasteiger partial charge >= 0.3 is 0 Å². The number of hydrogen-bond donors (Lipinski definition) is 3. The second-order valence-corrected chi connectivity index (χ2v) is 9.14. The third kappa shape index (κ3) is 4.25. The Morgan fingerprint density at radius 3 is 2.31 bits per heavy atom. The van der Waals surface area contributed by atoms with E-state index in [9.17, 15) is 13.2 Å². The molecule has 144 valence electrons. The van der Waals surface area contributed by atoms with E-state index in [2.05, 4.69) is 15.6 Å². The molecule has 1 aromatic rings. The highest BCUT2D eigenvalue weighted by molar-refractivity contribution is 7.90. The summed E-state index contributed by atoms with van der Waals surface area (Å²) in [5.41, 5.74) is 6.88. The lowest BCUT2D eigenvalue weighted by Crippen LogP contribution is -2.54. The number of carbonyl (C=O) groups is 1. The summed E-state index contributed by atoms with van der Waals surface area (Å²) in [6, 6.07) is 8.30. The average molecular weight is 381 g/mol. The van der Waals surface area contributed by atoms with Crippen molar-refractivity contribution in [2.45, 2.75) is 56.5 Å². The van der Waals surface area contributed by atoms with Crippen LogP contribution in [0.3, 0.4) is 0 Å². The first-order chi connectivity index (χ1) is 12.4. The fourth-order valence-corrected chi connectivity index (χ4v) is 5.81. The van der Waals surface area contributed by atoms with Gasteiger partial charge in [-0.05, 0) is 38.7 Å². The lowest BCUT2D eigenvalue weighted by molar-refractivity contribution is -0.131. The molecule has 1 amide bonds. The van der Waals surface area contributed by atoms with E-state index in [1.165, 1.54) is 0 Å². The molecule has 0 saturated carbocycles. The van der Waals surface area contributed by atoms with Crippen molar-refractivity contribution in [2.24, 2.45) is 0 Å². The van der Waals surface area contributed by atoms with Crippen LogP contribution in [-0.4, -0.2) is 55.7 Å². The average Bonchev–Trinajstić information content (AvgIpc) is 3.24. The third-order valence-corrected chi connectivity index (χ3v) is 7.33. The van der Waals surface area contributed by atoms with Crippen LogP contribution in [0, 0.1) is 0 Å². The van der Waals surface area contributed by atoms with E-state index in [0.717, 1.165) is 18.4 Å². The maximum absolute atomic E-state index is 13.0. The largest absolute Gasteiger partial charge is 0.341 e. The number of amides is 1. The summed E-state index contributed by atoms with van der Waals surface area (Å²) in [5, 5.41) is -0.632. The van der Waals surface area contributed by atoms with Gasteiger partial charge in [0, 0.05) is 25.2 Å². The molecule has 0 aromatic heterocycles. The minimum atomic E-state index is -3.67. The molecule has 2 unspecified atom stereocenters. The fraction of sp³-hybridized carbons (Fsp3) is 0.611. The molecule has 2 fully saturated rings. The number of carbonyl (C=O) groups excluding carboxylic acids is 1. The predicted molar refractivity (Wildman–Crippen MR) is 101 cm³/mol. The number of sulfonamides is 1. The van der Waals surface area contributed by atoms with Gasteiger partial charge in [-0.3, -0.25) is 15.6 Å². The first-order valence-electron chi connectivity index (χ1n) is 9.23. The second-order valence-electron chi connectivity index (χ2n) is 7.27. The highest BCUT2D eigenvalue weighted by atomic mass is 32.2. The highest BCUT2D eigenvalue weighted by Crippen LogP contribution is 2.18. The third-order valence-electron chi connectivity index (χ3n) is 5.19. The normalized spacial score (nSPS) is 27.6. The Kier molecular flexibility index (Phi) is 5.96. The van der Waals surface area contributed by atoms with Crippen LogP contribution in [0.25, 0.3) is 0 Å². The van der Waals surface area contributed by atoms with E-state index in [1.54, 1.807) is 4.90 Å². The van der Waals surface area contributed by atoms with Crippen molar-refractivity contribution < 1.29 is 13.2 Å². The van der Waals surface area contributed by atoms with Crippen LogP contribution in [0.5, 0.6) is 0 Å². The number of hydrogen-bond acceptors (Lipinski definition) is 5. The Morgan fingerprint density at radius 2 is 1.73 bits per heavy atom. The van der Waals surface area contributed by atoms with Gasteiger partial charge in [-0.1, -0.05) is 30.3 Å². The Morgan fingerprint density at radius 1 is 1.15 bits per heavy atom. The van der Waals surface area contributed by atoms with E-state index in [4.69, 9.17) is 0 Å². The summed E-state index contributed by atoms with van der Waals surface area (Å²) in [7, 11) is -3.67.